The fourth-order valence-corrected chi connectivity index (χ4v) is 3.44. The molecule has 0 bridgehead atoms. The lowest BCUT2D eigenvalue weighted by atomic mass is 10.1. The molecule has 0 aliphatic carbocycles. The molecule has 0 spiro atoms. The minimum absolute atomic E-state index is 0.115. The van der Waals surface area contributed by atoms with Gasteiger partial charge in [-0.25, -0.2) is 0 Å². The van der Waals surface area contributed by atoms with E-state index in [1.165, 1.54) is 6.08 Å². The average molecular weight is 430 g/mol. The summed E-state index contributed by atoms with van der Waals surface area (Å²) in [5.74, 6) is 1.22. The van der Waals surface area contributed by atoms with Gasteiger partial charge in [0.05, 0.1) is 14.2 Å². The summed E-state index contributed by atoms with van der Waals surface area (Å²) >= 11 is 3.47. The van der Waals surface area contributed by atoms with Crippen LogP contribution in [0.5, 0.6) is 11.5 Å². The van der Waals surface area contributed by atoms with Crippen LogP contribution in [0.25, 0.3) is 6.08 Å². The number of benzene rings is 2. The van der Waals surface area contributed by atoms with E-state index in [0.29, 0.717) is 23.5 Å². The minimum Gasteiger partial charge on any atom is -0.493 e. The molecule has 6 heteroatoms. The molecule has 140 valence electrons. The van der Waals surface area contributed by atoms with Crippen LogP contribution < -0.4 is 14.4 Å². The molecule has 0 N–H and O–H groups in total. The summed E-state index contributed by atoms with van der Waals surface area (Å²) < 4.78 is 11.3. The van der Waals surface area contributed by atoms with Crippen LogP contribution in [0.15, 0.2) is 46.9 Å². The van der Waals surface area contributed by atoms with Gasteiger partial charge in [-0.05, 0) is 60.5 Å². The zero-order valence-corrected chi connectivity index (χ0v) is 16.8. The number of ether oxygens (including phenoxy) is 2. The zero-order chi connectivity index (χ0) is 19.4. The number of hydrogen-bond acceptors (Lipinski definition) is 4. The fourth-order valence-electron chi connectivity index (χ4n) is 2.99. The molecule has 1 aliphatic rings. The third-order valence-corrected chi connectivity index (χ3v) is 5.14. The van der Waals surface area contributed by atoms with Gasteiger partial charge in [0.1, 0.15) is 0 Å². The number of amides is 1. The van der Waals surface area contributed by atoms with E-state index in [0.717, 1.165) is 28.7 Å². The van der Waals surface area contributed by atoms with E-state index < -0.39 is 0 Å². The molecule has 1 heterocycles. The Hall–Kier alpha value is -2.60. The summed E-state index contributed by atoms with van der Waals surface area (Å²) in [6.07, 6.45) is 4.71. The van der Waals surface area contributed by atoms with E-state index >= 15 is 0 Å². The second-order valence-electron chi connectivity index (χ2n) is 6.12. The Balaban J connectivity index is 1.76. The predicted octanol–water partition coefficient (Wildman–Crippen LogP) is 4.49. The second kappa shape index (κ2) is 8.39. The molecular formula is C21H20BrNO4. The highest BCUT2D eigenvalue weighted by Crippen LogP contribution is 2.34. The molecule has 3 rings (SSSR count). The summed E-state index contributed by atoms with van der Waals surface area (Å²) in [6.45, 7) is 0.735. The number of methoxy groups -OCH3 is 2. The van der Waals surface area contributed by atoms with E-state index in [-0.39, 0.29) is 11.7 Å². The lowest BCUT2D eigenvalue weighted by molar-refractivity contribution is -0.117. The van der Waals surface area contributed by atoms with Gasteiger partial charge in [-0.2, -0.15) is 0 Å². The van der Waals surface area contributed by atoms with Crippen molar-refractivity contribution in [2.45, 2.75) is 12.8 Å². The summed E-state index contributed by atoms with van der Waals surface area (Å²) in [5.41, 5.74) is 2.21. The number of carbonyl (C=O) groups excluding carboxylic acids is 2. The maximum absolute atomic E-state index is 12.5. The van der Waals surface area contributed by atoms with Gasteiger partial charge in [-0.1, -0.05) is 15.9 Å². The Bertz CT molecular complexity index is 890. The molecule has 2 aromatic rings. The molecule has 5 nitrogen and oxygen atoms in total. The number of hydrogen-bond donors (Lipinski definition) is 0. The van der Waals surface area contributed by atoms with Crippen molar-refractivity contribution < 1.29 is 19.1 Å². The molecule has 1 aliphatic heterocycles. The first kappa shape index (κ1) is 19.2. The quantitative estimate of drug-likeness (QED) is 0.501. The maximum Gasteiger partial charge on any atom is 0.227 e. The topological polar surface area (TPSA) is 55.8 Å². The van der Waals surface area contributed by atoms with E-state index in [4.69, 9.17) is 9.47 Å². The monoisotopic (exact) mass is 429 g/mol. The first-order valence-electron chi connectivity index (χ1n) is 8.58. The van der Waals surface area contributed by atoms with Crippen molar-refractivity contribution in [2.24, 2.45) is 0 Å². The molecule has 0 saturated carbocycles. The molecule has 0 aromatic heterocycles. The molecular weight excluding hydrogens is 410 g/mol. The summed E-state index contributed by atoms with van der Waals surface area (Å²) in [7, 11) is 3.14. The third kappa shape index (κ3) is 4.22. The van der Waals surface area contributed by atoms with Gasteiger partial charge < -0.3 is 14.4 Å². The molecule has 2 aromatic carbocycles. The van der Waals surface area contributed by atoms with Crippen molar-refractivity contribution in [3.8, 4) is 11.5 Å². The molecule has 1 saturated heterocycles. The van der Waals surface area contributed by atoms with E-state index in [9.17, 15) is 9.59 Å². The summed E-state index contributed by atoms with van der Waals surface area (Å²) in [5, 5.41) is 0. The highest BCUT2D eigenvalue weighted by molar-refractivity contribution is 9.10. The van der Waals surface area contributed by atoms with Crippen molar-refractivity contribution in [3.05, 3.63) is 58.1 Å². The highest BCUT2D eigenvalue weighted by atomic mass is 79.9. The molecule has 1 amide bonds. The first-order chi connectivity index (χ1) is 13.0. The van der Waals surface area contributed by atoms with Crippen molar-refractivity contribution >= 4 is 39.4 Å². The highest BCUT2D eigenvalue weighted by Gasteiger charge is 2.21. The van der Waals surface area contributed by atoms with E-state index in [1.54, 1.807) is 49.5 Å². The number of halogens is 1. The number of carbonyl (C=O) groups is 2. The number of nitrogens with zero attached hydrogens (tertiary/aromatic N) is 1. The van der Waals surface area contributed by atoms with Crippen LogP contribution in [0.4, 0.5) is 5.69 Å². The Morgan fingerprint density at radius 1 is 1.11 bits per heavy atom. The van der Waals surface area contributed by atoms with Gasteiger partial charge >= 0.3 is 0 Å². The SMILES string of the molecule is COc1cc(Br)c(/C=C/C(=O)c2ccc(N3CCCC3=O)cc2)cc1OC. The maximum atomic E-state index is 12.5. The van der Waals surface area contributed by atoms with Gasteiger partial charge in [-0.3, -0.25) is 9.59 Å². The normalized spacial score (nSPS) is 14.0. The molecule has 1 fully saturated rings. The second-order valence-corrected chi connectivity index (χ2v) is 6.98. The molecule has 0 radical (unpaired) electrons. The largest absolute Gasteiger partial charge is 0.493 e. The Kier molecular flexibility index (Phi) is 5.96. The predicted molar refractivity (Wildman–Crippen MR) is 109 cm³/mol. The smallest absolute Gasteiger partial charge is 0.227 e. The summed E-state index contributed by atoms with van der Waals surface area (Å²) in [6, 6.07) is 10.7. The van der Waals surface area contributed by atoms with Crippen molar-refractivity contribution in [3.63, 3.8) is 0 Å². The number of anilines is 1. The van der Waals surface area contributed by atoms with Gasteiger partial charge in [0.2, 0.25) is 5.91 Å². The molecule has 0 atom stereocenters. The van der Waals surface area contributed by atoms with Gasteiger partial charge in [0.15, 0.2) is 17.3 Å². The van der Waals surface area contributed by atoms with Crippen LogP contribution in [-0.4, -0.2) is 32.5 Å². The van der Waals surface area contributed by atoms with E-state index in [1.807, 2.05) is 12.1 Å². The molecule has 0 unspecified atom stereocenters. The van der Waals surface area contributed by atoms with Gasteiger partial charge in [0, 0.05) is 28.7 Å². The minimum atomic E-state index is -0.115. The fraction of sp³-hybridized carbons (Fsp3) is 0.238. The standard InChI is InChI=1S/C21H20BrNO4/c1-26-19-12-15(17(22)13-20(19)27-2)7-10-18(24)14-5-8-16(9-6-14)23-11-3-4-21(23)25/h5-10,12-13H,3-4,11H2,1-2H3/b10-7+. The summed E-state index contributed by atoms with van der Waals surface area (Å²) in [4.78, 5) is 26.0. The average Bonchev–Trinajstić information content (AvgIpc) is 3.12. The molecule has 27 heavy (non-hydrogen) atoms. The lowest BCUT2D eigenvalue weighted by Gasteiger charge is -2.15. The van der Waals surface area contributed by atoms with Crippen molar-refractivity contribution in [1.82, 2.24) is 0 Å². The lowest BCUT2D eigenvalue weighted by Crippen LogP contribution is -2.23. The number of ketones is 1. The van der Waals surface area contributed by atoms with Crippen LogP contribution in [0.3, 0.4) is 0 Å². The van der Waals surface area contributed by atoms with Gasteiger partial charge in [-0.15, -0.1) is 0 Å². The Labute approximate surface area is 166 Å². The van der Waals surface area contributed by atoms with Crippen LogP contribution in [0.1, 0.15) is 28.8 Å². The van der Waals surface area contributed by atoms with Crippen LogP contribution in [0.2, 0.25) is 0 Å². The first-order valence-corrected chi connectivity index (χ1v) is 9.37. The Morgan fingerprint density at radius 2 is 1.78 bits per heavy atom. The van der Waals surface area contributed by atoms with Crippen LogP contribution >= 0.6 is 15.9 Å². The van der Waals surface area contributed by atoms with Crippen molar-refractivity contribution in [2.75, 3.05) is 25.7 Å². The Morgan fingerprint density at radius 3 is 2.37 bits per heavy atom. The number of rotatable bonds is 6. The van der Waals surface area contributed by atoms with Gasteiger partial charge in [0.25, 0.3) is 0 Å². The van der Waals surface area contributed by atoms with Crippen molar-refractivity contribution in [1.29, 1.82) is 0 Å². The number of allylic oxidation sites excluding steroid dienone is 1. The van der Waals surface area contributed by atoms with Crippen LogP contribution in [-0.2, 0) is 4.79 Å². The van der Waals surface area contributed by atoms with Crippen LogP contribution in [0, 0.1) is 0 Å². The zero-order valence-electron chi connectivity index (χ0n) is 15.2. The van der Waals surface area contributed by atoms with E-state index in [2.05, 4.69) is 15.9 Å². The third-order valence-electron chi connectivity index (χ3n) is 4.45.